The van der Waals surface area contributed by atoms with Crippen LogP contribution in [0.1, 0.15) is 30.0 Å². The first-order chi connectivity index (χ1) is 14.9. The maximum absolute atomic E-state index is 13.5. The van der Waals surface area contributed by atoms with Crippen molar-refractivity contribution in [3.63, 3.8) is 0 Å². The number of rotatable bonds is 8. The fourth-order valence-electron chi connectivity index (χ4n) is 2.85. The highest BCUT2D eigenvalue weighted by Crippen LogP contribution is 2.39. The van der Waals surface area contributed by atoms with Gasteiger partial charge in [0, 0.05) is 18.9 Å². The molecule has 0 bridgehead atoms. The van der Waals surface area contributed by atoms with E-state index in [0.29, 0.717) is 5.56 Å². The fraction of sp³-hybridized carbons (Fsp3) is 0.474. The van der Waals surface area contributed by atoms with Gasteiger partial charge in [-0.2, -0.15) is 13.2 Å². The molecule has 0 aromatic heterocycles. The third-order valence-corrected chi connectivity index (χ3v) is 4.05. The van der Waals surface area contributed by atoms with Crippen LogP contribution in [0.3, 0.4) is 0 Å². The second-order valence-corrected chi connectivity index (χ2v) is 6.74. The molecule has 2 rings (SSSR count). The van der Waals surface area contributed by atoms with E-state index >= 15 is 0 Å². The lowest BCUT2D eigenvalue weighted by Gasteiger charge is -2.29. The van der Waals surface area contributed by atoms with Gasteiger partial charge in [-0.3, -0.25) is 0 Å². The number of hydrogen-bond acceptors (Lipinski definition) is 9. The molecule has 1 aliphatic heterocycles. The molecule has 0 saturated carbocycles. The second-order valence-electron chi connectivity index (χ2n) is 6.74. The number of halogens is 3. The van der Waals surface area contributed by atoms with Gasteiger partial charge in [-0.05, 0) is 31.6 Å². The predicted octanol–water partition coefficient (Wildman–Crippen LogP) is 3.65. The lowest BCUT2D eigenvalue weighted by atomic mass is 9.97. The number of hydrogen-bond donors (Lipinski definition) is 0. The van der Waals surface area contributed by atoms with Crippen molar-refractivity contribution in [2.45, 2.75) is 45.8 Å². The lowest BCUT2D eigenvalue weighted by molar-refractivity contribution is -0.757. The summed E-state index contributed by atoms with van der Waals surface area (Å²) in [5.41, 5.74) is 0.693. The van der Waals surface area contributed by atoms with Crippen molar-refractivity contribution in [2.75, 3.05) is 13.2 Å². The summed E-state index contributed by atoms with van der Waals surface area (Å²) in [6.45, 7) is 3.81. The smallest absolute Gasteiger partial charge is 0.475 e. The van der Waals surface area contributed by atoms with Gasteiger partial charge in [-0.1, -0.05) is 11.6 Å². The molecule has 32 heavy (non-hydrogen) atoms. The third kappa shape index (κ3) is 6.75. The van der Waals surface area contributed by atoms with E-state index in [1.165, 1.54) is 0 Å². The number of nitrogens with zero attached hydrogens (tertiary/aromatic N) is 1. The summed E-state index contributed by atoms with van der Waals surface area (Å²) in [6.07, 6.45) is -9.33. The number of esters is 1. The minimum absolute atomic E-state index is 0.00316. The van der Waals surface area contributed by atoms with E-state index in [9.17, 15) is 32.9 Å². The van der Waals surface area contributed by atoms with E-state index in [4.69, 9.17) is 9.47 Å². The van der Waals surface area contributed by atoms with Crippen LogP contribution in [0.4, 0.5) is 18.0 Å². The molecular weight excluding hydrogens is 443 g/mol. The number of aryl methyl sites for hydroxylation is 2. The van der Waals surface area contributed by atoms with Crippen LogP contribution < -0.4 is 4.74 Å². The Kier molecular flexibility index (Phi) is 7.89. The van der Waals surface area contributed by atoms with E-state index in [2.05, 4.69) is 14.3 Å². The minimum atomic E-state index is -4.91. The van der Waals surface area contributed by atoms with Gasteiger partial charge in [0.1, 0.15) is 5.75 Å². The van der Waals surface area contributed by atoms with Gasteiger partial charge in [0.25, 0.3) is 5.09 Å². The Morgan fingerprint density at radius 3 is 2.53 bits per heavy atom. The Balaban J connectivity index is 2.03. The molecule has 0 radical (unpaired) electrons. The zero-order valence-corrected chi connectivity index (χ0v) is 17.3. The molecule has 13 heteroatoms. The predicted molar refractivity (Wildman–Crippen MR) is 99.9 cm³/mol. The number of alkyl halides is 3. The Morgan fingerprint density at radius 1 is 1.22 bits per heavy atom. The zero-order chi connectivity index (χ0) is 24.1. The molecule has 0 N–H and O–H groups in total. The Hall–Kier alpha value is -3.51. The summed E-state index contributed by atoms with van der Waals surface area (Å²) in [4.78, 5) is 37.9. The maximum atomic E-state index is 13.5. The molecule has 0 saturated heterocycles. The highest BCUT2D eigenvalue weighted by Gasteiger charge is 2.49. The van der Waals surface area contributed by atoms with E-state index in [1.54, 1.807) is 26.0 Å². The van der Waals surface area contributed by atoms with Crippen LogP contribution in [0, 0.1) is 24.0 Å². The Labute approximate surface area is 179 Å². The van der Waals surface area contributed by atoms with Gasteiger partial charge in [-0.25, -0.2) is 9.59 Å². The normalized spacial score (nSPS) is 16.1. The monoisotopic (exact) mass is 463 g/mol. The minimum Gasteiger partial charge on any atom is -0.475 e. The average molecular weight is 463 g/mol. The first kappa shape index (κ1) is 24.8. The topological polar surface area (TPSA) is 123 Å². The molecule has 1 aromatic carbocycles. The van der Waals surface area contributed by atoms with Crippen LogP contribution in [-0.2, 0) is 23.8 Å². The Morgan fingerprint density at radius 2 is 1.91 bits per heavy atom. The van der Waals surface area contributed by atoms with Gasteiger partial charge in [-0.15, -0.1) is 10.1 Å². The van der Waals surface area contributed by atoms with Gasteiger partial charge in [0.05, 0.1) is 18.8 Å². The zero-order valence-electron chi connectivity index (χ0n) is 17.3. The molecule has 0 aliphatic carbocycles. The van der Waals surface area contributed by atoms with Crippen molar-refractivity contribution in [1.29, 1.82) is 0 Å². The van der Waals surface area contributed by atoms with Crippen LogP contribution in [0.15, 0.2) is 17.7 Å². The van der Waals surface area contributed by atoms with Crippen molar-refractivity contribution in [2.24, 2.45) is 0 Å². The standard InChI is InChI=1S/C19H20F3NO9/c1-10-7-11(2)15-13(8-10)9-14(16(32-15)19(20,21)22)17(24)30-12(3)31-18(25)28-5-4-6-29-23(26)27/h7-9,12,16H,4-6H2,1-3H3/t12?,16-/m0/s1. The molecule has 1 aromatic rings. The first-order valence-corrected chi connectivity index (χ1v) is 9.26. The van der Waals surface area contributed by atoms with Gasteiger partial charge < -0.3 is 23.8 Å². The number of carbonyl (C=O) groups is 2. The van der Waals surface area contributed by atoms with Crippen LogP contribution in [0.2, 0.25) is 0 Å². The highest BCUT2D eigenvalue weighted by atomic mass is 19.4. The SMILES string of the molecule is Cc1cc(C)c2c(c1)C=C(C(=O)OC(C)OC(=O)OCCCO[N+](=O)[O-])[C@@H](C(F)(F)F)O2. The molecule has 10 nitrogen and oxygen atoms in total. The van der Waals surface area contributed by atoms with Crippen LogP contribution in [0.25, 0.3) is 6.08 Å². The van der Waals surface area contributed by atoms with Crippen LogP contribution >= 0.6 is 0 Å². The molecule has 176 valence electrons. The molecule has 0 spiro atoms. The van der Waals surface area contributed by atoms with Crippen LogP contribution in [-0.4, -0.2) is 49.0 Å². The van der Waals surface area contributed by atoms with Crippen molar-refractivity contribution in [1.82, 2.24) is 0 Å². The summed E-state index contributed by atoms with van der Waals surface area (Å²) >= 11 is 0. The average Bonchev–Trinajstić information content (AvgIpc) is 2.65. The van der Waals surface area contributed by atoms with E-state index in [-0.39, 0.29) is 30.9 Å². The maximum Gasteiger partial charge on any atom is 0.511 e. The molecular formula is C19H20F3NO9. The number of ether oxygens (including phenoxy) is 4. The first-order valence-electron chi connectivity index (χ1n) is 9.26. The second kappa shape index (κ2) is 10.2. The lowest BCUT2D eigenvalue weighted by Crippen LogP contribution is -2.41. The largest absolute Gasteiger partial charge is 0.511 e. The van der Waals surface area contributed by atoms with Gasteiger partial charge >= 0.3 is 18.3 Å². The van der Waals surface area contributed by atoms with Crippen LogP contribution in [0.5, 0.6) is 5.75 Å². The summed E-state index contributed by atoms with van der Waals surface area (Å²) in [6, 6.07) is 3.20. The molecule has 1 unspecified atom stereocenters. The van der Waals surface area contributed by atoms with Crippen molar-refractivity contribution >= 4 is 18.2 Å². The summed E-state index contributed by atoms with van der Waals surface area (Å²) in [7, 11) is 0. The summed E-state index contributed by atoms with van der Waals surface area (Å²) in [5, 5.41) is 8.96. The van der Waals surface area contributed by atoms with Crippen molar-refractivity contribution < 1.29 is 51.6 Å². The van der Waals surface area contributed by atoms with Gasteiger partial charge in [0.15, 0.2) is 0 Å². The highest BCUT2D eigenvalue weighted by molar-refractivity contribution is 5.96. The molecule has 0 fully saturated rings. The number of benzene rings is 1. The molecule has 0 amide bonds. The van der Waals surface area contributed by atoms with E-state index < -0.39 is 41.4 Å². The summed E-state index contributed by atoms with van der Waals surface area (Å²) < 4.78 is 59.7. The van der Waals surface area contributed by atoms with E-state index in [0.717, 1.165) is 18.6 Å². The van der Waals surface area contributed by atoms with Crippen molar-refractivity contribution in [3.05, 3.63) is 44.5 Å². The quantitative estimate of drug-likeness (QED) is 0.187. The third-order valence-electron chi connectivity index (χ3n) is 4.05. The van der Waals surface area contributed by atoms with Crippen molar-refractivity contribution in [3.8, 4) is 5.75 Å². The molecule has 1 heterocycles. The molecule has 1 aliphatic rings. The number of carbonyl (C=O) groups excluding carboxylic acids is 2. The number of fused-ring (bicyclic) bond motifs is 1. The van der Waals surface area contributed by atoms with E-state index in [1.807, 2.05) is 0 Å². The summed E-state index contributed by atoms with van der Waals surface area (Å²) in [5.74, 6) is -1.39. The fourth-order valence-corrected chi connectivity index (χ4v) is 2.85. The Bertz CT molecular complexity index is 914. The van der Waals surface area contributed by atoms with Gasteiger partial charge in [0.2, 0.25) is 12.4 Å². The molecule has 2 atom stereocenters.